The third kappa shape index (κ3) is 3.83. The second-order valence-corrected chi connectivity index (χ2v) is 9.16. The molecule has 1 N–H and O–H groups in total. The number of sulfone groups is 1. The molecule has 1 aliphatic rings. The van der Waals surface area contributed by atoms with Crippen molar-refractivity contribution in [1.29, 1.82) is 0 Å². The summed E-state index contributed by atoms with van der Waals surface area (Å²) in [7, 11) is -4.14. The van der Waals surface area contributed by atoms with Crippen molar-refractivity contribution in [3.8, 4) is 0 Å². The van der Waals surface area contributed by atoms with Gasteiger partial charge in [0.2, 0.25) is 14.8 Å². The van der Waals surface area contributed by atoms with Crippen LogP contribution in [-0.4, -0.2) is 42.6 Å². The number of carbonyl (C=O) groups is 1. The van der Waals surface area contributed by atoms with Crippen LogP contribution < -0.4 is 5.32 Å². The van der Waals surface area contributed by atoms with Crippen LogP contribution in [0.5, 0.6) is 0 Å². The minimum Gasteiger partial charge on any atom is -0.363 e. The van der Waals surface area contributed by atoms with Crippen molar-refractivity contribution in [2.75, 3.05) is 18.4 Å². The van der Waals surface area contributed by atoms with Crippen LogP contribution in [0.15, 0.2) is 46.0 Å². The number of benzene rings is 1. The van der Waals surface area contributed by atoms with Gasteiger partial charge in [-0.2, -0.15) is 0 Å². The number of likely N-dealkylation sites (tertiary alicyclic amines) is 1. The minimum absolute atomic E-state index is 0.0238. The third-order valence-electron chi connectivity index (χ3n) is 5.04. The number of carbonyl (C=O) groups excluding carboxylic acids is 1. The summed E-state index contributed by atoms with van der Waals surface area (Å²) in [5.41, 5.74) is 0.904. The highest BCUT2D eigenvalue weighted by Gasteiger charge is 2.48. The number of aryl methyl sites for hydroxylation is 1. The van der Waals surface area contributed by atoms with Crippen LogP contribution in [-0.2, 0) is 9.84 Å². The fourth-order valence-electron chi connectivity index (χ4n) is 3.23. The zero-order valence-corrected chi connectivity index (χ0v) is 16.0. The molecule has 1 aromatic heterocycles. The molecule has 0 saturated carbocycles. The summed E-state index contributed by atoms with van der Waals surface area (Å²) >= 11 is 0. The van der Waals surface area contributed by atoms with Crippen LogP contribution >= 0.6 is 0 Å². The summed E-state index contributed by atoms with van der Waals surface area (Å²) < 4.78 is 45.7. The van der Waals surface area contributed by atoms with Crippen LogP contribution in [0.3, 0.4) is 0 Å². The van der Waals surface area contributed by atoms with Gasteiger partial charge in [-0.05, 0) is 38.8 Å². The molecule has 146 valence electrons. The van der Waals surface area contributed by atoms with Gasteiger partial charge in [-0.15, -0.1) is 0 Å². The number of hydrogen-bond acceptors (Lipinski definition) is 5. The average molecular weight is 395 g/mol. The maximum atomic E-state index is 15.4. The Hall–Kier alpha value is -2.42. The second kappa shape index (κ2) is 7.30. The van der Waals surface area contributed by atoms with E-state index in [1.54, 1.807) is 12.1 Å². The third-order valence-corrected chi connectivity index (χ3v) is 7.32. The number of nitrogens with one attached hydrogen (secondary N) is 1. The Labute approximate surface area is 157 Å². The minimum atomic E-state index is -4.14. The molecular formula is C18H22FN3O4S. The van der Waals surface area contributed by atoms with Gasteiger partial charge in [0, 0.05) is 25.1 Å². The van der Waals surface area contributed by atoms with E-state index in [-0.39, 0.29) is 36.9 Å². The first kappa shape index (κ1) is 19.3. The molecular weight excluding hydrogens is 373 g/mol. The molecule has 0 aliphatic carbocycles. The molecule has 3 rings (SSSR count). The molecule has 7 nitrogen and oxygen atoms in total. The monoisotopic (exact) mass is 395 g/mol. The molecule has 1 aliphatic heterocycles. The summed E-state index contributed by atoms with van der Waals surface area (Å²) in [6.45, 7) is 3.48. The number of hydrogen-bond donors (Lipinski definition) is 1. The van der Waals surface area contributed by atoms with Crippen LogP contribution in [0.25, 0.3) is 0 Å². The van der Waals surface area contributed by atoms with E-state index in [2.05, 4.69) is 15.0 Å². The molecule has 1 unspecified atom stereocenters. The average Bonchev–Trinajstić information content (AvgIpc) is 3.15. The smallest absolute Gasteiger partial charge is 0.323 e. The van der Waals surface area contributed by atoms with Gasteiger partial charge in [0.05, 0.1) is 4.90 Å². The van der Waals surface area contributed by atoms with Crippen LogP contribution in [0, 0.1) is 12.8 Å². The van der Waals surface area contributed by atoms with Crippen molar-refractivity contribution in [2.24, 2.45) is 5.92 Å². The van der Waals surface area contributed by atoms with Crippen molar-refractivity contribution in [1.82, 2.24) is 10.1 Å². The molecule has 0 spiro atoms. The molecule has 0 bridgehead atoms. The maximum Gasteiger partial charge on any atom is 0.323 e. The lowest BCUT2D eigenvalue weighted by atomic mass is 9.92. The molecule has 2 aromatic rings. The molecule has 1 aromatic carbocycles. The number of urea groups is 1. The lowest BCUT2D eigenvalue weighted by Gasteiger charge is -2.37. The number of piperidine rings is 1. The number of alkyl halides is 1. The fraction of sp³-hybridized carbons (Fsp3) is 0.444. The van der Waals surface area contributed by atoms with Gasteiger partial charge in [0.1, 0.15) is 6.26 Å². The highest BCUT2D eigenvalue weighted by Crippen LogP contribution is 2.39. The Morgan fingerprint density at radius 1 is 1.26 bits per heavy atom. The molecule has 2 amide bonds. The summed E-state index contributed by atoms with van der Waals surface area (Å²) in [5.74, 6) is -0.403. The second-order valence-electron chi connectivity index (χ2n) is 6.88. The lowest BCUT2D eigenvalue weighted by Crippen LogP contribution is -2.48. The maximum absolute atomic E-state index is 15.4. The fourth-order valence-corrected chi connectivity index (χ4v) is 4.86. The predicted molar refractivity (Wildman–Crippen MR) is 97.7 cm³/mol. The Morgan fingerprint density at radius 3 is 2.44 bits per heavy atom. The molecule has 0 radical (unpaired) electrons. The lowest BCUT2D eigenvalue weighted by molar-refractivity contribution is 0.117. The summed E-state index contributed by atoms with van der Waals surface area (Å²) in [6.07, 6.45) is 1.85. The van der Waals surface area contributed by atoms with E-state index in [1.165, 1.54) is 29.4 Å². The van der Waals surface area contributed by atoms with E-state index in [0.717, 1.165) is 12.5 Å². The Kier molecular flexibility index (Phi) is 5.23. The van der Waals surface area contributed by atoms with Gasteiger partial charge in [-0.1, -0.05) is 22.9 Å². The first-order valence-corrected chi connectivity index (χ1v) is 10.2. The zero-order valence-electron chi connectivity index (χ0n) is 15.2. The van der Waals surface area contributed by atoms with E-state index < -0.39 is 20.8 Å². The highest BCUT2D eigenvalue weighted by molar-refractivity contribution is 7.92. The summed E-state index contributed by atoms with van der Waals surface area (Å²) in [5, 5.41) is 3.78. The van der Waals surface area contributed by atoms with Crippen molar-refractivity contribution in [2.45, 2.75) is 36.6 Å². The summed E-state index contributed by atoms with van der Waals surface area (Å²) in [4.78, 5) is 13.7. The number of amides is 2. The SMILES string of the molecule is Cc1ccc(S(=O)(=O)C(C)(F)C2CCN(C(=O)Nc3ccon3)CC2)cc1. The van der Waals surface area contributed by atoms with Crippen LogP contribution in [0.2, 0.25) is 0 Å². The van der Waals surface area contributed by atoms with Crippen molar-refractivity contribution in [3.63, 3.8) is 0 Å². The Bertz CT molecular complexity index is 887. The molecule has 2 heterocycles. The Morgan fingerprint density at radius 2 is 1.89 bits per heavy atom. The molecule has 27 heavy (non-hydrogen) atoms. The van der Waals surface area contributed by atoms with Crippen LogP contribution in [0.4, 0.5) is 15.0 Å². The van der Waals surface area contributed by atoms with Crippen molar-refractivity contribution in [3.05, 3.63) is 42.2 Å². The molecule has 1 atom stereocenters. The van der Waals surface area contributed by atoms with Gasteiger partial charge in [0.15, 0.2) is 5.82 Å². The van der Waals surface area contributed by atoms with Gasteiger partial charge < -0.3 is 9.42 Å². The van der Waals surface area contributed by atoms with E-state index in [1.807, 2.05) is 6.92 Å². The quantitative estimate of drug-likeness (QED) is 0.857. The predicted octanol–water partition coefficient (Wildman–Crippen LogP) is 3.39. The highest BCUT2D eigenvalue weighted by atomic mass is 32.2. The van der Waals surface area contributed by atoms with Crippen molar-refractivity contribution >= 4 is 21.7 Å². The number of nitrogens with zero attached hydrogens (tertiary/aromatic N) is 2. The standard InChI is InChI=1S/C18H22FN3O4S/c1-13-3-5-15(6-4-13)27(24,25)18(2,19)14-7-10-22(11-8-14)17(23)20-16-9-12-26-21-16/h3-6,9,12,14H,7-8,10-11H2,1-2H3,(H,20,21,23). The first-order chi connectivity index (χ1) is 12.7. The van der Waals surface area contributed by atoms with Gasteiger partial charge >= 0.3 is 6.03 Å². The number of rotatable bonds is 4. The zero-order chi connectivity index (χ0) is 19.7. The molecule has 1 saturated heterocycles. The van der Waals surface area contributed by atoms with E-state index in [9.17, 15) is 13.2 Å². The van der Waals surface area contributed by atoms with Gasteiger partial charge in [0.25, 0.3) is 0 Å². The topological polar surface area (TPSA) is 92.5 Å². The molecule has 1 fully saturated rings. The first-order valence-electron chi connectivity index (χ1n) is 8.68. The number of aromatic nitrogens is 1. The largest absolute Gasteiger partial charge is 0.363 e. The van der Waals surface area contributed by atoms with E-state index >= 15 is 4.39 Å². The van der Waals surface area contributed by atoms with E-state index in [4.69, 9.17) is 0 Å². The van der Waals surface area contributed by atoms with Gasteiger partial charge in [-0.25, -0.2) is 17.6 Å². The normalized spacial score (nSPS) is 18.1. The van der Waals surface area contributed by atoms with E-state index in [0.29, 0.717) is 5.82 Å². The molecule has 9 heteroatoms. The number of anilines is 1. The number of halogens is 1. The van der Waals surface area contributed by atoms with Gasteiger partial charge in [-0.3, -0.25) is 5.32 Å². The summed E-state index contributed by atoms with van der Waals surface area (Å²) in [6, 6.07) is 7.31. The van der Waals surface area contributed by atoms with Crippen LogP contribution in [0.1, 0.15) is 25.3 Å². The van der Waals surface area contributed by atoms with Crippen molar-refractivity contribution < 1.29 is 22.1 Å². The Balaban J connectivity index is 1.67.